The van der Waals surface area contributed by atoms with Gasteiger partial charge in [0.2, 0.25) is 0 Å². The van der Waals surface area contributed by atoms with Crippen molar-refractivity contribution in [2.24, 2.45) is 0 Å². The average molecular weight is 216 g/mol. The Bertz CT molecular complexity index is 589. The van der Waals surface area contributed by atoms with Gasteiger partial charge in [-0.05, 0) is 19.1 Å². The quantitative estimate of drug-likeness (QED) is 0.617. The molecule has 0 aliphatic heterocycles. The van der Waals surface area contributed by atoms with Crippen LogP contribution in [0.15, 0.2) is 29.1 Å². The van der Waals surface area contributed by atoms with Crippen LogP contribution in [0.25, 0.3) is 11.4 Å². The third-order valence-corrected chi connectivity index (χ3v) is 2.23. The van der Waals surface area contributed by atoms with Crippen LogP contribution in [0.3, 0.4) is 0 Å². The molecular weight excluding hydrogens is 204 g/mol. The van der Waals surface area contributed by atoms with Crippen LogP contribution in [-0.2, 0) is 0 Å². The number of nitrogens with two attached hydrogens (primary N) is 2. The van der Waals surface area contributed by atoms with E-state index in [1.54, 1.807) is 6.07 Å². The largest absolute Gasteiger partial charge is 0.398 e. The van der Waals surface area contributed by atoms with Crippen LogP contribution in [0.1, 0.15) is 5.56 Å². The highest BCUT2D eigenvalue weighted by Crippen LogP contribution is 2.23. The van der Waals surface area contributed by atoms with Gasteiger partial charge in [-0.15, -0.1) is 0 Å². The molecule has 0 amide bonds. The van der Waals surface area contributed by atoms with Gasteiger partial charge in [-0.3, -0.25) is 4.79 Å². The SMILES string of the molecule is Cc1ccc(N)c(-c2nc(N)cc(=O)[nH]2)c1. The van der Waals surface area contributed by atoms with Crippen molar-refractivity contribution >= 4 is 11.5 Å². The Morgan fingerprint density at radius 2 is 2.00 bits per heavy atom. The summed E-state index contributed by atoms with van der Waals surface area (Å²) >= 11 is 0. The summed E-state index contributed by atoms with van der Waals surface area (Å²) in [6, 6.07) is 6.75. The van der Waals surface area contributed by atoms with Crippen LogP contribution in [0.2, 0.25) is 0 Å². The Morgan fingerprint density at radius 3 is 2.69 bits per heavy atom. The maximum atomic E-state index is 11.3. The van der Waals surface area contributed by atoms with E-state index in [1.165, 1.54) is 6.07 Å². The number of hydrogen-bond donors (Lipinski definition) is 3. The molecule has 0 saturated carbocycles. The second-order valence-corrected chi connectivity index (χ2v) is 3.61. The van der Waals surface area contributed by atoms with Gasteiger partial charge < -0.3 is 16.5 Å². The molecule has 5 N–H and O–H groups in total. The van der Waals surface area contributed by atoms with Crippen molar-refractivity contribution in [2.45, 2.75) is 6.92 Å². The fourth-order valence-corrected chi connectivity index (χ4v) is 1.48. The van der Waals surface area contributed by atoms with Gasteiger partial charge >= 0.3 is 0 Å². The zero-order valence-corrected chi connectivity index (χ0v) is 8.82. The van der Waals surface area contributed by atoms with Gasteiger partial charge in [0.25, 0.3) is 5.56 Å². The molecule has 0 saturated heterocycles. The number of aromatic nitrogens is 2. The Labute approximate surface area is 92.1 Å². The number of H-pyrrole nitrogens is 1. The summed E-state index contributed by atoms with van der Waals surface area (Å²) in [6.45, 7) is 1.94. The van der Waals surface area contributed by atoms with E-state index in [1.807, 2.05) is 19.1 Å². The molecule has 1 aromatic heterocycles. The second kappa shape index (κ2) is 3.69. The van der Waals surface area contributed by atoms with Crippen molar-refractivity contribution in [1.29, 1.82) is 0 Å². The van der Waals surface area contributed by atoms with Gasteiger partial charge in [-0.1, -0.05) is 11.6 Å². The molecule has 0 spiro atoms. The molecule has 2 aromatic rings. The van der Waals surface area contributed by atoms with E-state index in [-0.39, 0.29) is 11.4 Å². The van der Waals surface area contributed by atoms with Gasteiger partial charge in [-0.2, -0.15) is 0 Å². The monoisotopic (exact) mass is 216 g/mol. The van der Waals surface area contributed by atoms with Crippen LogP contribution < -0.4 is 17.0 Å². The minimum absolute atomic E-state index is 0.180. The van der Waals surface area contributed by atoms with E-state index in [2.05, 4.69) is 9.97 Å². The number of aryl methyl sites for hydroxylation is 1. The molecule has 0 aliphatic rings. The maximum absolute atomic E-state index is 11.3. The van der Waals surface area contributed by atoms with E-state index in [4.69, 9.17) is 11.5 Å². The van der Waals surface area contributed by atoms with Gasteiger partial charge in [0.05, 0.1) is 0 Å². The zero-order valence-electron chi connectivity index (χ0n) is 8.82. The molecule has 16 heavy (non-hydrogen) atoms. The highest BCUT2D eigenvalue weighted by molar-refractivity contribution is 5.72. The normalized spacial score (nSPS) is 10.3. The van der Waals surface area contributed by atoms with E-state index in [0.29, 0.717) is 17.1 Å². The van der Waals surface area contributed by atoms with Gasteiger partial charge in [0, 0.05) is 17.3 Å². The smallest absolute Gasteiger partial charge is 0.253 e. The molecule has 5 nitrogen and oxygen atoms in total. The van der Waals surface area contributed by atoms with Crippen molar-refractivity contribution in [3.63, 3.8) is 0 Å². The minimum atomic E-state index is -0.289. The molecule has 82 valence electrons. The Balaban J connectivity index is 2.66. The standard InChI is InChI=1S/C11H12N4O/c1-6-2-3-8(12)7(4-6)11-14-9(13)5-10(16)15-11/h2-5H,12H2,1H3,(H3,13,14,15,16). The molecule has 0 bridgehead atoms. The van der Waals surface area contributed by atoms with Crippen molar-refractivity contribution in [3.8, 4) is 11.4 Å². The number of benzene rings is 1. The van der Waals surface area contributed by atoms with Crippen LogP contribution in [0.4, 0.5) is 11.5 Å². The summed E-state index contributed by atoms with van der Waals surface area (Å²) < 4.78 is 0. The fourth-order valence-electron chi connectivity index (χ4n) is 1.48. The third-order valence-electron chi connectivity index (χ3n) is 2.23. The second-order valence-electron chi connectivity index (χ2n) is 3.61. The summed E-state index contributed by atoms with van der Waals surface area (Å²) in [5, 5.41) is 0. The van der Waals surface area contributed by atoms with Gasteiger partial charge in [-0.25, -0.2) is 4.98 Å². The predicted molar refractivity (Wildman–Crippen MR) is 63.9 cm³/mol. The number of anilines is 2. The lowest BCUT2D eigenvalue weighted by Gasteiger charge is -2.06. The first-order valence-electron chi connectivity index (χ1n) is 4.79. The summed E-state index contributed by atoms with van der Waals surface area (Å²) in [5.74, 6) is 0.575. The lowest BCUT2D eigenvalue weighted by atomic mass is 10.1. The number of nitrogens with zero attached hydrogens (tertiary/aromatic N) is 1. The number of rotatable bonds is 1. The summed E-state index contributed by atoms with van der Waals surface area (Å²) in [5.41, 5.74) is 13.3. The molecule has 0 atom stereocenters. The van der Waals surface area contributed by atoms with Crippen LogP contribution in [0, 0.1) is 6.92 Å². The lowest BCUT2D eigenvalue weighted by molar-refractivity contribution is 1.13. The number of nitrogen functional groups attached to an aromatic ring is 2. The van der Waals surface area contributed by atoms with Crippen molar-refractivity contribution in [3.05, 3.63) is 40.2 Å². The molecule has 2 rings (SSSR count). The first kappa shape index (κ1) is 10.2. The fraction of sp³-hybridized carbons (Fsp3) is 0.0909. The summed E-state index contributed by atoms with van der Waals surface area (Å²) in [4.78, 5) is 17.9. The van der Waals surface area contributed by atoms with E-state index in [0.717, 1.165) is 5.56 Å². The number of nitrogens with one attached hydrogen (secondary N) is 1. The Hall–Kier alpha value is -2.30. The Morgan fingerprint density at radius 1 is 1.25 bits per heavy atom. The molecule has 0 unspecified atom stereocenters. The van der Waals surface area contributed by atoms with E-state index >= 15 is 0 Å². The van der Waals surface area contributed by atoms with Gasteiger partial charge in [0.1, 0.15) is 11.6 Å². The predicted octanol–water partition coefficient (Wildman–Crippen LogP) is 0.910. The third kappa shape index (κ3) is 1.88. The molecule has 0 fully saturated rings. The maximum Gasteiger partial charge on any atom is 0.253 e. The Kier molecular flexibility index (Phi) is 2.36. The van der Waals surface area contributed by atoms with Crippen LogP contribution in [-0.4, -0.2) is 9.97 Å². The highest BCUT2D eigenvalue weighted by atomic mass is 16.1. The van der Waals surface area contributed by atoms with E-state index in [9.17, 15) is 4.79 Å². The van der Waals surface area contributed by atoms with Crippen LogP contribution in [0.5, 0.6) is 0 Å². The molecule has 1 aromatic carbocycles. The molecular formula is C11H12N4O. The van der Waals surface area contributed by atoms with Crippen molar-refractivity contribution in [2.75, 3.05) is 11.5 Å². The van der Waals surface area contributed by atoms with E-state index < -0.39 is 0 Å². The van der Waals surface area contributed by atoms with Gasteiger partial charge in [0.15, 0.2) is 0 Å². The molecule has 1 heterocycles. The first-order chi connectivity index (χ1) is 7.56. The molecule has 5 heteroatoms. The lowest BCUT2D eigenvalue weighted by Crippen LogP contribution is -2.10. The number of hydrogen-bond acceptors (Lipinski definition) is 4. The number of aromatic amines is 1. The zero-order chi connectivity index (χ0) is 11.7. The highest BCUT2D eigenvalue weighted by Gasteiger charge is 2.06. The van der Waals surface area contributed by atoms with Crippen molar-refractivity contribution in [1.82, 2.24) is 9.97 Å². The van der Waals surface area contributed by atoms with Crippen molar-refractivity contribution < 1.29 is 0 Å². The van der Waals surface area contributed by atoms with Crippen LogP contribution >= 0.6 is 0 Å². The summed E-state index contributed by atoms with van der Waals surface area (Å²) in [7, 11) is 0. The molecule has 0 aliphatic carbocycles. The topological polar surface area (TPSA) is 97.8 Å². The first-order valence-corrected chi connectivity index (χ1v) is 4.79. The summed E-state index contributed by atoms with van der Waals surface area (Å²) in [6.07, 6.45) is 0. The minimum Gasteiger partial charge on any atom is -0.398 e. The molecule has 0 radical (unpaired) electrons. The average Bonchev–Trinajstić information content (AvgIpc) is 2.20.